The van der Waals surface area contributed by atoms with E-state index in [9.17, 15) is 9.59 Å². The third-order valence-corrected chi connectivity index (χ3v) is 2.81. The fraction of sp³-hybridized carbons (Fsp3) is 0.250. The second-order valence-electron chi connectivity index (χ2n) is 4.04. The van der Waals surface area contributed by atoms with Crippen LogP contribution in [0.3, 0.4) is 0 Å². The van der Waals surface area contributed by atoms with Crippen LogP contribution in [0.2, 0.25) is 0 Å². The lowest BCUT2D eigenvalue weighted by Gasteiger charge is -2.07. The second kappa shape index (κ2) is 4.87. The maximum atomic E-state index is 12.0. The van der Waals surface area contributed by atoms with E-state index >= 15 is 0 Å². The number of H-pyrrole nitrogens is 2. The van der Waals surface area contributed by atoms with Crippen LogP contribution in [0.5, 0.6) is 0 Å². The number of aromatic nitrogens is 3. The van der Waals surface area contributed by atoms with Gasteiger partial charge in [-0.2, -0.15) is 5.10 Å². The van der Waals surface area contributed by atoms with Gasteiger partial charge in [-0.1, -0.05) is 0 Å². The Kier molecular flexibility index (Phi) is 3.27. The predicted octanol–water partition coefficient (Wildman–Crippen LogP) is 0.645. The van der Waals surface area contributed by atoms with Crippen molar-refractivity contribution in [2.45, 2.75) is 20.4 Å². The van der Waals surface area contributed by atoms with Crippen molar-refractivity contribution in [1.82, 2.24) is 20.5 Å². The Hall–Kier alpha value is -2.37. The molecule has 0 aliphatic carbocycles. The van der Waals surface area contributed by atoms with E-state index in [1.165, 1.54) is 0 Å². The zero-order valence-corrected chi connectivity index (χ0v) is 10.2. The van der Waals surface area contributed by atoms with Gasteiger partial charge in [0.1, 0.15) is 5.56 Å². The zero-order chi connectivity index (χ0) is 13.1. The van der Waals surface area contributed by atoms with Gasteiger partial charge in [-0.15, -0.1) is 0 Å². The molecule has 0 atom stereocenters. The standard InChI is InChI=1S/C12H14N4O2/c1-7-8(2)15-16-12(18)10(7)11(17)14-6-9-3-4-13-5-9/h3-5,13H,6H2,1-2H3,(H,14,17)(H,16,18). The van der Waals surface area contributed by atoms with Crippen LogP contribution in [0.15, 0.2) is 23.3 Å². The summed E-state index contributed by atoms with van der Waals surface area (Å²) in [4.78, 5) is 26.5. The van der Waals surface area contributed by atoms with Gasteiger partial charge in [0.05, 0.1) is 5.69 Å². The molecule has 1 amide bonds. The van der Waals surface area contributed by atoms with E-state index in [0.29, 0.717) is 17.8 Å². The van der Waals surface area contributed by atoms with E-state index in [-0.39, 0.29) is 11.5 Å². The number of carbonyl (C=O) groups is 1. The highest BCUT2D eigenvalue weighted by Gasteiger charge is 2.15. The molecule has 0 saturated carbocycles. The van der Waals surface area contributed by atoms with Crippen molar-refractivity contribution in [1.29, 1.82) is 0 Å². The molecule has 3 N–H and O–H groups in total. The number of amides is 1. The molecule has 0 unspecified atom stereocenters. The molecular weight excluding hydrogens is 232 g/mol. The van der Waals surface area contributed by atoms with E-state index in [1.807, 2.05) is 6.07 Å². The summed E-state index contributed by atoms with van der Waals surface area (Å²) >= 11 is 0. The summed E-state index contributed by atoms with van der Waals surface area (Å²) in [7, 11) is 0. The highest BCUT2D eigenvalue weighted by molar-refractivity contribution is 5.95. The molecule has 0 aliphatic heterocycles. The van der Waals surface area contributed by atoms with Crippen molar-refractivity contribution >= 4 is 5.91 Å². The zero-order valence-electron chi connectivity index (χ0n) is 10.2. The van der Waals surface area contributed by atoms with Gasteiger partial charge in [-0.05, 0) is 31.0 Å². The highest BCUT2D eigenvalue weighted by atomic mass is 16.2. The number of aromatic amines is 2. The van der Waals surface area contributed by atoms with Gasteiger partial charge >= 0.3 is 0 Å². The largest absolute Gasteiger partial charge is 0.367 e. The van der Waals surface area contributed by atoms with Crippen molar-refractivity contribution in [3.8, 4) is 0 Å². The Morgan fingerprint density at radius 1 is 1.44 bits per heavy atom. The molecule has 0 aliphatic rings. The first-order valence-electron chi connectivity index (χ1n) is 5.55. The van der Waals surface area contributed by atoms with E-state index in [4.69, 9.17) is 0 Å². The van der Waals surface area contributed by atoms with Crippen molar-refractivity contribution in [2.75, 3.05) is 0 Å². The fourth-order valence-corrected chi connectivity index (χ4v) is 1.64. The van der Waals surface area contributed by atoms with Crippen LogP contribution in [-0.2, 0) is 6.54 Å². The maximum Gasteiger partial charge on any atom is 0.277 e. The van der Waals surface area contributed by atoms with Crippen LogP contribution in [-0.4, -0.2) is 21.1 Å². The van der Waals surface area contributed by atoms with E-state index < -0.39 is 5.56 Å². The molecule has 0 spiro atoms. The lowest BCUT2D eigenvalue weighted by atomic mass is 10.1. The van der Waals surface area contributed by atoms with Crippen LogP contribution in [0.25, 0.3) is 0 Å². The predicted molar refractivity (Wildman–Crippen MR) is 66.3 cm³/mol. The molecule has 6 heteroatoms. The lowest BCUT2D eigenvalue weighted by Crippen LogP contribution is -2.31. The van der Waals surface area contributed by atoms with Gasteiger partial charge in [-0.25, -0.2) is 5.10 Å². The van der Waals surface area contributed by atoms with Gasteiger partial charge in [0, 0.05) is 18.9 Å². The molecule has 0 aromatic carbocycles. The van der Waals surface area contributed by atoms with Gasteiger partial charge in [0.25, 0.3) is 11.5 Å². The fourth-order valence-electron chi connectivity index (χ4n) is 1.64. The Morgan fingerprint density at radius 3 is 2.89 bits per heavy atom. The quantitative estimate of drug-likeness (QED) is 0.742. The minimum Gasteiger partial charge on any atom is -0.367 e. The Balaban J connectivity index is 2.19. The SMILES string of the molecule is Cc1n[nH]c(=O)c(C(=O)NCc2cc[nH]c2)c1C. The average Bonchev–Trinajstić information content (AvgIpc) is 2.85. The molecule has 2 heterocycles. The topological polar surface area (TPSA) is 90.6 Å². The van der Waals surface area contributed by atoms with Gasteiger partial charge < -0.3 is 10.3 Å². The maximum absolute atomic E-state index is 12.0. The minimum absolute atomic E-state index is 0.123. The number of nitrogens with zero attached hydrogens (tertiary/aromatic N) is 1. The summed E-state index contributed by atoms with van der Waals surface area (Å²) < 4.78 is 0. The van der Waals surface area contributed by atoms with E-state index in [2.05, 4.69) is 20.5 Å². The Bertz CT molecular complexity index is 614. The Morgan fingerprint density at radius 2 is 2.22 bits per heavy atom. The van der Waals surface area contributed by atoms with Crippen LogP contribution in [0.1, 0.15) is 27.2 Å². The molecule has 0 radical (unpaired) electrons. The monoisotopic (exact) mass is 246 g/mol. The van der Waals surface area contributed by atoms with Crippen molar-refractivity contribution in [2.24, 2.45) is 0 Å². The molecule has 2 aromatic rings. The average molecular weight is 246 g/mol. The summed E-state index contributed by atoms with van der Waals surface area (Å²) in [5.74, 6) is -0.388. The third-order valence-electron chi connectivity index (χ3n) is 2.81. The number of hydrogen-bond donors (Lipinski definition) is 3. The van der Waals surface area contributed by atoms with Crippen LogP contribution in [0, 0.1) is 13.8 Å². The summed E-state index contributed by atoms with van der Waals surface area (Å²) in [6.07, 6.45) is 3.56. The molecule has 6 nitrogen and oxygen atoms in total. The normalized spacial score (nSPS) is 10.3. The number of aryl methyl sites for hydroxylation is 1. The minimum atomic E-state index is -0.468. The summed E-state index contributed by atoms with van der Waals surface area (Å²) in [6, 6.07) is 1.86. The summed E-state index contributed by atoms with van der Waals surface area (Å²) in [5.41, 5.74) is 1.85. The number of carbonyl (C=O) groups excluding carboxylic acids is 1. The number of rotatable bonds is 3. The molecule has 0 fully saturated rings. The van der Waals surface area contributed by atoms with Crippen molar-refractivity contribution < 1.29 is 4.79 Å². The molecule has 2 rings (SSSR count). The van der Waals surface area contributed by atoms with Crippen molar-refractivity contribution in [3.63, 3.8) is 0 Å². The Labute approximate surface area is 103 Å². The highest BCUT2D eigenvalue weighted by Crippen LogP contribution is 2.05. The van der Waals surface area contributed by atoms with E-state index in [0.717, 1.165) is 5.56 Å². The van der Waals surface area contributed by atoms with Gasteiger partial charge in [0.2, 0.25) is 0 Å². The number of nitrogens with one attached hydrogen (secondary N) is 3. The van der Waals surface area contributed by atoms with Crippen LogP contribution in [0.4, 0.5) is 0 Å². The molecule has 18 heavy (non-hydrogen) atoms. The van der Waals surface area contributed by atoms with Crippen molar-refractivity contribution in [3.05, 3.63) is 51.2 Å². The van der Waals surface area contributed by atoms with Gasteiger partial charge in [0.15, 0.2) is 0 Å². The second-order valence-corrected chi connectivity index (χ2v) is 4.04. The van der Waals surface area contributed by atoms with Crippen LogP contribution < -0.4 is 10.9 Å². The molecule has 2 aromatic heterocycles. The summed E-state index contributed by atoms with van der Waals surface area (Å²) in [6.45, 7) is 3.83. The molecular formula is C12H14N4O2. The van der Waals surface area contributed by atoms with E-state index in [1.54, 1.807) is 26.2 Å². The smallest absolute Gasteiger partial charge is 0.277 e. The van der Waals surface area contributed by atoms with Crippen LogP contribution >= 0.6 is 0 Å². The molecule has 0 bridgehead atoms. The molecule has 94 valence electrons. The first-order valence-corrected chi connectivity index (χ1v) is 5.55. The summed E-state index contributed by atoms with van der Waals surface area (Å²) in [5, 5.41) is 8.82. The first-order chi connectivity index (χ1) is 8.59. The first kappa shape index (κ1) is 12.1. The number of hydrogen-bond acceptors (Lipinski definition) is 3. The molecule has 0 saturated heterocycles. The van der Waals surface area contributed by atoms with Gasteiger partial charge in [-0.3, -0.25) is 9.59 Å². The third kappa shape index (κ3) is 2.32. The lowest BCUT2D eigenvalue weighted by molar-refractivity contribution is 0.0948.